The Morgan fingerprint density at radius 1 is 1.38 bits per heavy atom. The van der Waals surface area contributed by atoms with E-state index in [4.69, 9.17) is 16.6 Å². The summed E-state index contributed by atoms with van der Waals surface area (Å²) >= 11 is 7.21. The lowest BCUT2D eigenvalue weighted by Crippen LogP contribution is -2.30. The molecule has 2 heterocycles. The highest BCUT2D eigenvalue weighted by molar-refractivity contribution is 8.15. The van der Waals surface area contributed by atoms with Crippen molar-refractivity contribution < 1.29 is 9.59 Å². The number of carbonyl (C=O) groups is 2. The number of rotatable bonds is 5. The van der Waals surface area contributed by atoms with Gasteiger partial charge in [-0.05, 0) is 49.7 Å². The number of amidine groups is 1. The van der Waals surface area contributed by atoms with Crippen molar-refractivity contribution in [2.24, 2.45) is 16.8 Å². The summed E-state index contributed by atoms with van der Waals surface area (Å²) < 4.78 is 0. The Bertz CT molecular complexity index is 739. The maximum atomic E-state index is 12.2. The first kappa shape index (κ1) is 17.8. The van der Waals surface area contributed by atoms with Crippen LogP contribution in [0.15, 0.2) is 23.3 Å². The molecular formula is C18H21ClN4O2S. The average molecular weight is 393 g/mol. The molecule has 138 valence electrons. The van der Waals surface area contributed by atoms with Crippen LogP contribution in [0, 0.1) is 11.8 Å². The minimum absolute atomic E-state index is 0.0145. The smallest absolute Gasteiger partial charge is 0.252 e. The van der Waals surface area contributed by atoms with Gasteiger partial charge in [0.2, 0.25) is 5.91 Å². The SMILES string of the molecule is O=C(NCCC1SC(=NC2CC3CCC2C3)NC1=O)c1ccc(Cl)nc1. The van der Waals surface area contributed by atoms with Crippen LogP contribution in [0.3, 0.4) is 0 Å². The predicted molar refractivity (Wildman–Crippen MR) is 102 cm³/mol. The van der Waals surface area contributed by atoms with Crippen molar-refractivity contribution >= 4 is 40.3 Å². The van der Waals surface area contributed by atoms with Gasteiger partial charge in [0.1, 0.15) is 5.15 Å². The van der Waals surface area contributed by atoms with E-state index in [9.17, 15) is 9.59 Å². The zero-order valence-corrected chi connectivity index (χ0v) is 15.9. The van der Waals surface area contributed by atoms with Crippen molar-refractivity contribution in [3.8, 4) is 0 Å². The van der Waals surface area contributed by atoms with Crippen LogP contribution in [0.4, 0.5) is 0 Å². The van der Waals surface area contributed by atoms with Crippen LogP contribution in [0.1, 0.15) is 42.5 Å². The maximum absolute atomic E-state index is 12.2. The lowest BCUT2D eigenvalue weighted by Gasteiger charge is -2.17. The molecule has 1 aromatic heterocycles. The van der Waals surface area contributed by atoms with Gasteiger partial charge in [0.15, 0.2) is 5.17 Å². The number of hydrogen-bond acceptors (Lipinski definition) is 5. The van der Waals surface area contributed by atoms with Crippen LogP contribution < -0.4 is 10.6 Å². The Morgan fingerprint density at radius 3 is 2.96 bits per heavy atom. The van der Waals surface area contributed by atoms with Crippen molar-refractivity contribution in [3.63, 3.8) is 0 Å². The fraction of sp³-hybridized carbons (Fsp3) is 0.556. The molecule has 1 saturated heterocycles. The second-order valence-electron chi connectivity index (χ2n) is 7.19. The van der Waals surface area contributed by atoms with Crippen molar-refractivity contribution in [1.82, 2.24) is 15.6 Å². The molecule has 0 spiro atoms. The number of nitrogens with zero attached hydrogens (tertiary/aromatic N) is 2. The van der Waals surface area contributed by atoms with Crippen LogP contribution in [0.2, 0.25) is 5.15 Å². The van der Waals surface area contributed by atoms with E-state index in [0.29, 0.717) is 35.6 Å². The van der Waals surface area contributed by atoms with Crippen molar-refractivity contribution in [2.75, 3.05) is 6.54 Å². The Hall–Kier alpha value is -1.60. The average Bonchev–Trinajstić information content (AvgIpc) is 3.32. The highest BCUT2D eigenvalue weighted by atomic mass is 35.5. The molecule has 0 aromatic carbocycles. The number of halogens is 1. The Morgan fingerprint density at radius 2 is 2.27 bits per heavy atom. The van der Waals surface area contributed by atoms with Crippen molar-refractivity contribution in [2.45, 2.75) is 43.4 Å². The Labute approximate surface area is 161 Å². The van der Waals surface area contributed by atoms with Crippen molar-refractivity contribution in [3.05, 3.63) is 29.0 Å². The lowest BCUT2D eigenvalue weighted by molar-refractivity contribution is -0.118. The summed E-state index contributed by atoms with van der Waals surface area (Å²) in [5, 5.41) is 6.63. The maximum Gasteiger partial charge on any atom is 0.252 e. The van der Waals surface area contributed by atoms with E-state index in [1.807, 2.05) is 0 Å². The van der Waals surface area contributed by atoms with E-state index in [1.54, 1.807) is 12.1 Å². The number of pyridine rings is 1. The summed E-state index contributed by atoms with van der Waals surface area (Å²) in [6, 6.07) is 3.59. The van der Waals surface area contributed by atoms with Gasteiger partial charge in [-0.1, -0.05) is 29.8 Å². The lowest BCUT2D eigenvalue weighted by atomic mass is 9.96. The summed E-state index contributed by atoms with van der Waals surface area (Å²) in [6.45, 7) is 0.425. The van der Waals surface area contributed by atoms with Crippen LogP contribution >= 0.6 is 23.4 Å². The number of aromatic nitrogens is 1. The minimum atomic E-state index is -0.214. The molecular weight excluding hydrogens is 372 g/mol. The van der Waals surface area contributed by atoms with E-state index in [-0.39, 0.29) is 17.1 Å². The first-order chi connectivity index (χ1) is 12.6. The summed E-state index contributed by atoms with van der Waals surface area (Å²) in [5.74, 6) is 1.31. The second kappa shape index (κ2) is 7.56. The van der Waals surface area contributed by atoms with Crippen molar-refractivity contribution in [1.29, 1.82) is 0 Å². The predicted octanol–water partition coefficient (Wildman–Crippen LogP) is 2.63. The van der Waals surface area contributed by atoms with Gasteiger partial charge in [0.05, 0.1) is 16.9 Å². The number of fused-ring (bicyclic) bond motifs is 2. The molecule has 0 radical (unpaired) electrons. The number of amides is 2. The fourth-order valence-electron chi connectivity index (χ4n) is 4.11. The van der Waals surface area contributed by atoms with Gasteiger partial charge in [-0.3, -0.25) is 14.6 Å². The molecule has 3 fully saturated rings. The van der Waals surface area contributed by atoms with E-state index < -0.39 is 0 Å². The summed E-state index contributed by atoms with van der Waals surface area (Å²) in [6.07, 6.45) is 7.10. The molecule has 2 saturated carbocycles. The Kier molecular flexibility index (Phi) is 5.18. The molecule has 2 aliphatic carbocycles. The third-order valence-corrected chi connectivity index (χ3v) is 6.83. The molecule has 4 atom stereocenters. The first-order valence-corrected chi connectivity index (χ1v) is 10.3. The standard InChI is InChI=1S/C18H21ClN4O2S/c19-15-4-3-12(9-21-15)16(24)20-6-5-14-17(25)23-18(26-14)22-13-8-10-1-2-11(13)7-10/h3-4,9-11,13-14H,1-2,5-8H2,(H,20,24)(H,22,23,25). The van der Waals surface area contributed by atoms with Crippen LogP contribution in [0.5, 0.6) is 0 Å². The third kappa shape index (κ3) is 3.88. The summed E-state index contributed by atoms with van der Waals surface area (Å²) in [4.78, 5) is 32.9. The quantitative estimate of drug-likeness (QED) is 0.754. The van der Waals surface area contributed by atoms with Crippen LogP contribution in [0.25, 0.3) is 0 Å². The first-order valence-electron chi connectivity index (χ1n) is 9.03. The molecule has 4 rings (SSSR count). The molecule has 3 aliphatic rings. The highest BCUT2D eigenvalue weighted by Crippen LogP contribution is 2.46. The third-order valence-electron chi connectivity index (χ3n) is 5.44. The number of aliphatic imine (C=N–C) groups is 1. The molecule has 1 aliphatic heterocycles. The molecule has 1 aromatic rings. The zero-order valence-electron chi connectivity index (χ0n) is 14.3. The molecule has 8 heteroatoms. The van der Waals surface area contributed by atoms with Gasteiger partial charge in [-0.25, -0.2) is 4.98 Å². The molecule has 6 nitrogen and oxygen atoms in total. The van der Waals surface area contributed by atoms with E-state index >= 15 is 0 Å². The Balaban J connectivity index is 1.26. The van der Waals surface area contributed by atoms with Gasteiger partial charge in [0.25, 0.3) is 5.91 Å². The van der Waals surface area contributed by atoms with Gasteiger partial charge >= 0.3 is 0 Å². The van der Waals surface area contributed by atoms with E-state index in [2.05, 4.69) is 15.6 Å². The van der Waals surface area contributed by atoms with E-state index in [1.165, 1.54) is 43.6 Å². The van der Waals surface area contributed by atoms with Gasteiger partial charge in [-0.2, -0.15) is 0 Å². The van der Waals surface area contributed by atoms with Gasteiger partial charge in [0, 0.05) is 12.7 Å². The number of hydrogen-bond donors (Lipinski definition) is 2. The van der Waals surface area contributed by atoms with Gasteiger partial charge in [-0.15, -0.1) is 0 Å². The topological polar surface area (TPSA) is 83.5 Å². The number of thioether (sulfide) groups is 1. The second-order valence-corrected chi connectivity index (χ2v) is 8.77. The zero-order chi connectivity index (χ0) is 18.1. The van der Waals surface area contributed by atoms with Gasteiger partial charge < -0.3 is 10.6 Å². The molecule has 26 heavy (non-hydrogen) atoms. The molecule has 2 N–H and O–H groups in total. The van der Waals surface area contributed by atoms with Crippen LogP contribution in [-0.4, -0.2) is 39.8 Å². The van der Waals surface area contributed by atoms with Crippen LogP contribution in [-0.2, 0) is 4.79 Å². The molecule has 2 amide bonds. The largest absolute Gasteiger partial charge is 0.352 e. The number of nitrogens with one attached hydrogen (secondary N) is 2. The summed E-state index contributed by atoms with van der Waals surface area (Å²) in [7, 11) is 0. The van der Waals surface area contributed by atoms with E-state index in [0.717, 1.165) is 11.1 Å². The summed E-state index contributed by atoms with van der Waals surface area (Å²) in [5.41, 5.74) is 0.455. The minimum Gasteiger partial charge on any atom is -0.352 e. The molecule has 2 bridgehead atoms. The number of carbonyl (C=O) groups excluding carboxylic acids is 2. The fourth-order valence-corrected chi connectivity index (χ4v) is 5.24. The monoisotopic (exact) mass is 392 g/mol. The molecule has 4 unspecified atom stereocenters. The normalized spacial score (nSPS) is 31.4. The highest BCUT2D eigenvalue weighted by Gasteiger charge is 2.40.